The van der Waals surface area contributed by atoms with Gasteiger partial charge in [-0.15, -0.1) is 0 Å². The third kappa shape index (κ3) is 3.08. The van der Waals surface area contributed by atoms with E-state index >= 15 is 0 Å². The molecule has 0 spiro atoms. The van der Waals surface area contributed by atoms with Crippen LogP contribution in [-0.4, -0.2) is 12.6 Å². The first kappa shape index (κ1) is 14.9. The Morgan fingerprint density at radius 3 is 2.00 bits per heavy atom. The van der Waals surface area contributed by atoms with Gasteiger partial charge in [0.15, 0.2) is 0 Å². The van der Waals surface area contributed by atoms with Crippen molar-refractivity contribution < 1.29 is 0 Å². The second-order valence-electron chi connectivity index (χ2n) is 8.50. The predicted octanol–water partition coefficient (Wildman–Crippen LogP) is 4.86. The molecule has 4 fully saturated rings. The van der Waals surface area contributed by atoms with E-state index in [0.717, 1.165) is 48.1 Å². The second kappa shape index (κ2) is 6.38. The molecule has 4 aliphatic rings. The smallest absolute Gasteiger partial charge is 0.0100 e. The number of nitrogens with one attached hydrogen (secondary N) is 1. The molecule has 1 atom stereocenters. The van der Waals surface area contributed by atoms with E-state index in [1.165, 1.54) is 19.3 Å². The minimum absolute atomic E-state index is 0.828. The molecule has 1 N–H and O–H groups in total. The Bertz CT molecular complexity index is 281. The fraction of sp³-hybridized carbons (Fsp3) is 1.00. The highest BCUT2D eigenvalue weighted by atomic mass is 14.9. The molecule has 0 heterocycles. The van der Waals surface area contributed by atoms with Crippen molar-refractivity contribution in [2.45, 2.75) is 78.2 Å². The topological polar surface area (TPSA) is 12.0 Å². The third-order valence-corrected chi connectivity index (χ3v) is 6.53. The van der Waals surface area contributed by atoms with Gasteiger partial charge in [-0.2, -0.15) is 0 Å². The zero-order chi connectivity index (χ0) is 14.1. The molecule has 4 saturated carbocycles. The Labute approximate surface area is 126 Å². The molecule has 0 radical (unpaired) electrons. The molecule has 0 aromatic rings. The zero-order valence-electron chi connectivity index (χ0n) is 13.9. The van der Waals surface area contributed by atoms with Crippen LogP contribution in [0, 0.1) is 35.5 Å². The summed E-state index contributed by atoms with van der Waals surface area (Å²) >= 11 is 0. The van der Waals surface area contributed by atoms with Gasteiger partial charge in [0.25, 0.3) is 0 Å². The van der Waals surface area contributed by atoms with Gasteiger partial charge < -0.3 is 5.32 Å². The van der Waals surface area contributed by atoms with E-state index in [1.54, 1.807) is 32.1 Å². The molecule has 1 unspecified atom stereocenters. The Morgan fingerprint density at radius 2 is 1.50 bits per heavy atom. The molecule has 0 aromatic carbocycles. The average molecular weight is 277 g/mol. The van der Waals surface area contributed by atoms with Crippen LogP contribution < -0.4 is 5.32 Å². The minimum Gasteiger partial charge on any atom is -0.314 e. The van der Waals surface area contributed by atoms with Crippen molar-refractivity contribution in [2.24, 2.45) is 35.5 Å². The lowest BCUT2D eigenvalue weighted by Gasteiger charge is -2.56. The van der Waals surface area contributed by atoms with Crippen LogP contribution in [0.4, 0.5) is 0 Å². The fourth-order valence-electron chi connectivity index (χ4n) is 6.06. The molecule has 0 saturated heterocycles. The van der Waals surface area contributed by atoms with Gasteiger partial charge in [-0.25, -0.2) is 0 Å². The quantitative estimate of drug-likeness (QED) is 0.700. The standard InChI is InChI=1S/C19H35N/c1-4-20-18(7-5-6-13(2)3)19-16-9-14-8-15(11-16)12-17(19)10-14/h13-20H,4-12H2,1-3H3. The highest BCUT2D eigenvalue weighted by Gasteiger charge is 2.50. The van der Waals surface area contributed by atoms with Gasteiger partial charge in [0.1, 0.15) is 0 Å². The first-order chi connectivity index (χ1) is 9.67. The first-order valence-electron chi connectivity index (χ1n) is 9.40. The zero-order valence-corrected chi connectivity index (χ0v) is 13.9. The van der Waals surface area contributed by atoms with Gasteiger partial charge >= 0.3 is 0 Å². The van der Waals surface area contributed by atoms with E-state index in [9.17, 15) is 0 Å². The van der Waals surface area contributed by atoms with Crippen LogP contribution in [-0.2, 0) is 0 Å². The molecule has 4 bridgehead atoms. The van der Waals surface area contributed by atoms with Gasteiger partial charge in [-0.05, 0) is 80.6 Å². The molecule has 20 heavy (non-hydrogen) atoms. The van der Waals surface area contributed by atoms with Crippen molar-refractivity contribution in [1.29, 1.82) is 0 Å². The Balaban J connectivity index is 1.61. The maximum absolute atomic E-state index is 3.88. The Hall–Kier alpha value is -0.0400. The summed E-state index contributed by atoms with van der Waals surface area (Å²) in [6.45, 7) is 8.19. The van der Waals surface area contributed by atoms with Gasteiger partial charge in [-0.1, -0.05) is 33.6 Å². The van der Waals surface area contributed by atoms with Crippen molar-refractivity contribution in [1.82, 2.24) is 5.32 Å². The van der Waals surface area contributed by atoms with Crippen LogP contribution in [0.3, 0.4) is 0 Å². The molecular formula is C19H35N. The van der Waals surface area contributed by atoms with Gasteiger partial charge in [0, 0.05) is 6.04 Å². The summed E-state index contributed by atoms with van der Waals surface area (Å²) in [4.78, 5) is 0. The van der Waals surface area contributed by atoms with E-state index in [1.807, 2.05) is 0 Å². The van der Waals surface area contributed by atoms with E-state index < -0.39 is 0 Å². The van der Waals surface area contributed by atoms with E-state index in [2.05, 4.69) is 26.1 Å². The van der Waals surface area contributed by atoms with E-state index in [-0.39, 0.29) is 0 Å². The molecular weight excluding hydrogens is 242 g/mol. The van der Waals surface area contributed by atoms with Gasteiger partial charge in [0.2, 0.25) is 0 Å². The summed E-state index contributed by atoms with van der Waals surface area (Å²) in [6, 6.07) is 0.828. The molecule has 4 aliphatic carbocycles. The summed E-state index contributed by atoms with van der Waals surface area (Å²) in [6.07, 6.45) is 12.1. The number of rotatable bonds is 7. The van der Waals surface area contributed by atoms with Crippen LogP contribution in [0.5, 0.6) is 0 Å². The average Bonchev–Trinajstić information content (AvgIpc) is 2.36. The fourth-order valence-corrected chi connectivity index (χ4v) is 6.06. The Kier molecular flexibility index (Phi) is 4.75. The third-order valence-electron chi connectivity index (χ3n) is 6.53. The van der Waals surface area contributed by atoms with Crippen LogP contribution in [0.15, 0.2) is 0 Å². The lowest BCUT2D eigenvalue weighted by Crippen LogP contribution is -2.53. The molecule has 0 aromatic heterocycles. The normalized spacial score (nSPS) is 40.5. The van der Waals surface area contributed by atoms with E-state index in [4.69, 9.17) is 0 Å². The van der Waals surface area contributed by atoms with Crippen LogP contribution in [0.2, 0.25) is 0 Å². The summed E-state index contributed by atoms with van der Waals surface area (Å²) < 4.78 is 0. The van der Waals surface area contributed by atoms with Gasteiger partial charge in [0.05, 0.1) is 0 Å². The second-order valence-corrected chi connectivity index (χ2v) is 8.50. The van der Waals surface area contributed by atoms with E-state index in [0.29, 0.717) is 0 Å². The summed E-state index contributed by atoms with van der Waals surface area (Å²) in [7, 11) is 0. The number of hydrogen-bond acceptors (Lipinski definition) is 1. The van der Waals surface area contributed by atoms with Crippen LogP contribution in [0.1, 0.15) is 72.1 Å². The lowest BCUT2D eigenvalue weighted by atomic mass is 9.50. The van der Waals surface area contributed by atoms with Crippen molar-refractivity contribution in [3.8, 4) is 0 Å². The summed E-state index contributed by atoms with van der Waals surface area (Å²) in [5.41, 5.74) is 0. The lowest BCUT2D eigenvalue weighted by molar-refractivity contribution is -0.0530. The summed E-state index contributed by atoms with van der Waals surface area (Å²) in [5.74, 6) is 6.28. The summed E-state index contributed by atoms with van der Waals surface area (Å²) in [5, 5.41) is 3.88. The number of hydrogen-bond donors (Lipinski definition) is 1. The molecule has 116 valence electrons. The molecule has 4 rings (SSSR count). The first-order valence-corrected chi connectivity index (χ1v) is 9.40. The van der Waals surface area contributed by atoms with Crippen molar-refractivity contribution in [3.05, 3.63) is 0 Å². The Morgan fingerprint density at radius 1 is 0.900 bits per heavy atom. The maximum atomic E-state index is 3.88. The minimum atomic E-state index is 0.828. The highest BCUT2D eigenvalue weighted by Crippen LogP contribution is 2.57. The molecule has 0 aliphatic heterocycles. The largest absolute Gasteiger partial charge is 0.314 e. The van der Waals surface area contributed by atoms with Crippen LogP contribution >= 0.6 is 0 Å². The van der Waals surface area contributed by atoms with Crippen molar-refractivity contribution in [2.75, 3.05) is 6.54 Å². The monoisotopic (exact) mass is 277 g/mol. The van der Waals surface area contributed by atoms with Crippen molar-refractivity contribution in [3.63, 3.8) is 0 Å². The predicted molar refractivity (Wildman–Crippen MR) is 86.7 cm³/mol. The molecule has 1 heteroatoms. The highest BCUT2D eigenvalue weighted by molar-refractivity contribution is 5.01. The molecule has 0 amide bonds. The SMILES string of the molecule is CCNC(CCCC(C)C)C1C2CC3CC(C2)CC1C3. The maximum Gasteiger partial charge on any atom is 0.0100 e. The van der Waals surface area contributed by atoms with Crippen molar-refractivity contribution >= 4 is 0 Å². The molecule has 1 nitrogen and oxygen atoms in total. The van der Waals surface area contributed by atoms with Gasteiger partial charge in [-0.3, -0.25) is 0 Å². The van der Waals surface area contributed by atoms with Crippen LogP contribution in [0.25, 0.3) is 0 Å².